The molecule has 20 heteroatoms. The van der Waals surface area contributed by atoms with E-state index in [2.05, 4.69) is 0 Å². The van der Waals surface area contributed by atoms with E-state index in [1.54, 1.807) is 0 Å². The predicted octanol–water partition coefficient (Wildman–Crippen LogP) is 16.5. The molecule has 630 valence electrons. The van der Waals surface area contributed by atoms with Crippen molar-refractivity contribution in [2.75, 3.05) is 0 Å². The molecule has 0 N–H and O–H groups in total. The third kappa shape index (κ3) is 22.1. The van der Waals surface area contributed by atoms with Gasteiger partial charge in [0.05, 0.1) is 96.6 Å². The zero-order valence-electron chi connectivity index (χ0n) is 68.5. The van der Waals surface area contributed by atoms with E-state index in [0.29, 0.717) is 0 Å². The molecule has 120 heavy (non-hydrogen) atoms. The number of rotatable bonds is 30. The smallest absolute Gasteiger partial charge is 0.187 e. The Hall–Kier alpha value is -8.60. The fourth-order valence-corrected chi connectivity index (χ4v) is 16.6. The molecule has 25 atom stereocenters. The molecule has 10 aromatic carbocycles. The summed E-state index contributed by atoms with van der Waals surface area (Å²) < 4.78 is 150. The van der Waals surface area contributed by atoms with Crippen LogP contribution in [0.1, 0.15) is 90.3 Å². The lowest BCUT2D eigenvalue weighted by atomic mass is 9.95. The molecule has 11 aliphatic rings. The topological polar surface area (TPSA) is 185 Å². The highest BCUT2D eigenvalue weighted by molar-refractivity contribution is 5.22. The highest BCUT2D eigenvalue weighted by Gasteiger charge is 2.60. The van der Waals surface area contributed by atoms with Crippen LogP contribution >= 0.6 is 0 Å². The van der Waals surface area contributed by atoms with Crippen molar-refractivity contribution in [1.82, 2.24) is 0 Å². The number of fused-ring (bicyclic) bond motifs is 4. The molecule has 11 aliphatic heterocycles. The van der Waals surface area contributed by atoms with Crippen LogP contribution in [0.4, 0.5) is 0 Å². The number of hydrogen-bond donors (Lipinski definition) is 0. The average Bonchev–Trinajstić information content (AvgIpc) is 0.876. The zero-order valence-corrected chi connectivity index (χ0v) is 68.5. The Labute approximate surface area is 704 Å². The number of ether oxygens (including phenoxy) is 20. The van der Waals surface area contributed by atoms with Gasteiger partial charge in [-0.05, 0) is 90.3 Å². The summed E-state index contributed by atoms with van der Waals surface area (Å²) >= 11 is 0. The highest BCUT2D eigenvalue weighted by Crippen LogP contribution is 2.44. The summed E-state index contributed by atoms with van der Waals surface area (Å²) in [6, 6.07) is 100. The van der Waals surface area contributed by atoms with Crippen molar-refractivity contribution in [2.45, 2.75) is 254 Å². The second kappa shape index (κ2) is 42.5. The third-order valence-corrected chi connectivity index (χ3v) is 22.9. The average molecular weight is 1630 g/mol. The Balaban J connectivity index is 0.878. The van der Waals surface area contributed by atoms with E-state index in [-0.39, 0.29) is 66.1 Å². The first-order chi connectivity index (χ1) is 59.0. The minimum atomic E-state index is -1.21. The van der Waals surface area contributed by atoms with Gasteiger partial charge in [-0.25, -0.2) is 0 Å². The first-order valence-electron chi connectivity index (χ1n) is 42.2. The molecular formula is C100H110O20. The highest BCUT2D eigenvalue weighted by atomic mass is 16.8. The minimum absolute atomic E-state index is 0.118. The van der Waals surface area contributed by atoms with E-state index in [0.717, 1.165) is 55.6 Å². The molecule has 10 aromatic rings. The first kappa shape index (κ1) is 85.0. The van der Waals surface area contributed by atoms with Crippen LogP contribution in [0.3, 0.4) is 0 Å². The molecule has 0 aliphatic carbocycles. The zero-order chi connectivity index (χ0) is 81.8. The van der Waals surface area contributed by atoms with Crippen molar-refractivity contribution in [1.29, 1.82) is 0 Å². The Morgan fingerprint density at radius 2 is 0.258 bits per heavy atom. The van der Waals surface area contributed by atoms with Gasteiger partial charge in [0.2, 0.25) is 0 Å². The molecule has 11 heterocycles. The number of benzene rings is 10. The van der Waals surface area contributed by atoms with Gasteiger partial charge in [-0.3, -0.25) is 0 Å². The maximum atomic E-state index is 7.74. The van der Waals surface area contributed by atoms with Crippen LogP contribution in [0, 0.1) is 0 Å². The summed E-state index contributed by atoms with van der Waals surface area (Å²) in [6.45, 7) is 11.0. The lowest BCUT2D eigenvalue weighted by Crippen LogP contribution is -2.67. The van der Waals surface area contributed by atoms with Crippen LogP contribution in [0.2, 0.25) is 0 Å². The Morgan fingerprint density at radius 3 is 0.375 bits per heavy atom. The van der Waals surface area contributed by atoms with E-state index < -0.39 is 154 Å². The largest absolute Gasteiger partial charge is 0.368 e. The molecule has 0 radical (unpaired) electrons. The predicted molar refractivity (Wildman–Crippen MR) is 446 cm³/mol. The van der Waals surface area contributed by atoms with Gasteiger partial charge in [0.15, 0.2) is 31.5 Å². The molecule has 0 aromatic heterocycles. The molecule has 10 bridgehead atoms. The fourth-order valence-electron chi connectivity index (χ4n) is 16.6. The lowest BCUT2D eigenvalue weighted by molar-refractivity contribution is -0.396. The normalized spacial score (nSPS) is 31.5. The second-order valence-electron chi connectivity index (χ2n) is 31.7. The number of hydrogen-bond acceptors (Lipinski definition) is 20. The van der Waals surface area contributed by atoms with Crippen molar-refractivity contribution in [3.63, 3.8) is 0 Å². The Bertz CT molecular complexity index is 3910. The van der Waals surface area contributed by atoms with E-state index >= 15 is 0 Å². The van der Waals surface area contributed by atoms with Crippen LogP contribution < -0.4 is 0 Å². The van der Waals surface area contributed by atoms with Gasteiger partial charge in [-0.2, -0.15) is 0 Å². The molecular weight excluding hydrogens is 1520 g/mol. The summed E-state index contributed by atoms with van der Waals surface area (Å²) in [4.78, 5) is 0. The molecule has 0 spiro atoms. The molecule has 11 saturated heterocycles. The van der Waals surface area contributed by atoms with Gasteiger partial charge in [-0.15, -0.1) is 0 Å². The lowest BCUT2D eigenvalue weighted by Gasteiger charge is -2.52. The van der Waals surface area contributed by atoms with Crippen LogP contribution in [-0.4, -0.2) is 154 Å². The van der Waals surface area contributed by atoms with Gasteiger partial charge in [0.25, 0.3) is 0 Å². The summed E-state index contributed by atoms with van der Waals surface area (Å²) in [6.07, 6.45) is -25.2. The Kier molecular flexibility index (Phi) is 30.1. The van der Waals surface area contributed by atoms with Crippen molar-refractivity contribution in [3.05, 3.63) is 359 Å². The molecule has 0 amide bonds. The van der Waals surface area contributed by atoms with E-state index in [1.807, 2.05) is 338 Å². The summed E-state index contributed by atoms with van der Waals surface area (Å²) in [5.74, 6) is 0. The van der Waals surface area contributed by atoms with Gasteiger partial charge in [0.1, 0.15) is 91.6 Å². The SMILES string of the molecule is C[C@@H]1O[C@H]2O[C@@H]3[C@@H](OCc4ccccc4)[C@@H](OCc4ccccc4)[C@H](O[C@@H]4[C@@H](OCc5ccccc5)[C@@H](OCc5ccccc5)[C@H](O[C@@H]5[C@@H](OCc6ccccc6)[C@@H](OCc6ccccc6)[C@H](O[C@@H]6[C@@H](OCc7ccccc7)[C@@H](OCc7ccccc7)[C@H](O[C@@H]1[C@@H](OCc1ccccc1)[C@H]2OCc1ccccc1)O[C@H]6C)O[C@H]5C)O[C@H]4C)O[C@H]3C. The van der Waals surface area contributed by atoms with Crippen molar-refractivity contribution in [2.24, 2.45) is 0 Å². The quantitative estimate of drug-likeness (QED) is 0.0413. The van der Waals surface area contributed by atoms with E-state index in [9.17, 15) is 0 Å². The van der Waals surface area contributed by atoms with Crippen LogP contribution in [0.5, 0.6) is 0 Å². The van der Waals surface area contributed by atoms with Crippen LogP contribution in [0.15, 0.2) is 303 Å². The van der Waals surface area contributed by atoms with Gasteiger partial charge in [0, 0.05) is 0 Å². The second-order valence-corrected chi connectivity index (χ2v) is 31.7. The minimum Gasteiger partial charge on any atom is -0.368 e. The third-order valence-electron chi connectivity index (χ3n) is 22.9. The van der Waals surface area contributed by atoms with Gasteiger partial charge >= 0.3 is 0 Å². The molecule has 11 fully saturated rings. The van der Waals surface area contributed by atoms with Gasteiger partial charge < -0.3 is 94.7 Å². The van der Waals surface area contributed by atoms with E-state index in [1.165, 1.54) is 0 Å². The summed E-state index contributed by atoms with van der Waals surface area (Å²) in [5, 5.41) is 0. The maximum Gasteiger partial charge on any atom is 0.187 e. The van der Waals surface area contributed by atoms with Crippen molar-refractivity contribution >= 4 is 0 Å². The van der Waals surface area contributed by atoms with Crippen molar-refractivity contribution in [3.8, 4) is 0 Å². The fraction of sp³-hybridized carbons (Fsp3) is 0.400. The van der Waals surface area contributed by atoms with Gasteiger partial charge in [-0.1, -0.05) is 303 Å². The monoisotopic (exact) mass is 1630 g/mol. The molecule has 20 nitrogen and oxygen atoms in total. The van der Waals surface area contributed by atoms with Crippen LogP contribution in [-0.2, 0) is 161 Å². The van der Waals surface area contributed by atoms with E-state index in [4.69, 9.17) is 94.7 Å². The first-order valence-corrected chi connectivity index (χ1v) is 42.2. The molecule has 0 saturated carbocycles. The van der Waals surface area contributed by atoms with Crippen molar-refractivity contribution < 1.29 is 94.7 Å². The molecule has 0 unspecified atom stereocenters. The Morgan fingerprint density at radius 1 is 0.150 bits per heavy atom. The maximum absolute atomic E-state index is 7.74. The van der Waals surface area contributed by atoms with Crippen LogP contribution in [0.25, 0.3) is 0 Å². The summed E-state index contributed by atoms with van der Waals surface area (Å²) in [7, 11) is 0. The summed E-state index contributed by atoms with van der Waals surface area (Å²) in [5.41, 5.74) is 9.01. The standard InChI is InChI=1S/C100H110O20/c1-66-81-86(101-56-71-36-16-6-17-37-71)91(106-61-76-46-26-11-27-47-76)96(111-66)117-82-67(2)113-98(93(108-63-78-50-30-13-31-51-78)87(82)102-57-72-38-18-7-19-39-72)119-84-69(4)115-100(95(110-65-80-54-34-15-35-55-80)89(84)104-59-74-42-22-9-23-43-74)120-85-70(5)114-99(94(109-64-79-52-32-14-33-53-79)90(85)105-60-75-44-24-10-25-45-75)118-83-68(3)112-97(116-81)92(107-62-77-48-28-12-29-49-77)88(83)103-58-73-40-20-8-21-41-73/h6-55,66-70,81-100H,56-65H2,1-5H3/t66-,67-,68-,69-,70-,81-,82-,83-,84-,85-,86+,87+,88+,89+,90+,91+,92+,93+,94+,95+,96-,97-,98-,99-,100-/m0/s1. The molecule has 21 rings (SSSR count).